The molecule has 4 heteroatoms. The van der Waals surface area contributed by atoms with E-state index in [0.717, 1.165) is 32.6 Å². The van der Waals surface area contributed by atoms with E-state index in [-0.39, 0.29) is 6.29 Å². The number of aromatic nitrogens is 2. The minimum Gasteiger partial charge on any atom is -0.353 e. The normalized spacial score (nSPS) is 19.1. The van der Waals surface area contributed by atoms with Crippen molar-refractivity contribution in [2.75, 3.05) is 13.2 Å². The van der Waals surface area contributed by atoms with E-state index in [0.29, 0.717) is 0 Å². The van der Waals surface area contributed by atoms with E-state index in [4.69, 9.17) is 9.47 Å². The van der Waals surface area contributed by atoms with Gasteiger partial charge >= 0.3 is 0 Å². The summed E-state index contributed by atoms with van der Waals surface area (Å²) < 4.78 is 12.9. The highest BCUT2D eigenvalue weighted by molar-refractivity contribution is 4.74. The Hall–Kier alpha value is -0.870. The smallest absolute Gasteiger partial charge is 0.159 e. The van der Waals surface area contributed by atoms with Gasteiger partial charge in [-0.2, -0.15) is 0 Å². The summed E-state index contributed by atoms with van der Waals surface area (Å²) in [5.41, 5.74) is 0. The molecular weight excluding hydrogens is 168 g/mol. The number of nitrogens with zero attached hydrogens (tertiary/aromatic N) is 2. The molecule has 72 valence electrons. The topological polar surface area (TPSA) is 36.3 Å². The first-order chi connectivity index (χ1) is 6.45. The molecule has 4 nitrogen and oxygen atoms in total. The summed E-state index contributed by atoms with van der Waals surface area (Å²) in [6.07, 6.45) is 7.43. The molecule has 1 aliphatic rings. The van der Waals surface area contributed by atoms with Crippen molar-refractivity contribution >= 4 is 0 Å². The van der Waals surface area contributed by atoms with Gasteiger partial charge in [0.15, 0.2) is 6.29 Å². The summed E-state index contributed by atoms with van der Waals surface area (Å²) in [5.74, 6) is 0. The molecule has 1 fully saturated rings. The maximum Gasteiger partial charge on any atom is 0.159 e. The van der Waals surface area contributed by atoms with Gasteiger partial charge in [0.05, 0.1) is 19.5 Å². The van der Waals surface area contributed by atoms with Gasteiger partial charge in [-0.15, -0.1) is 0 Å². The lowest BCUT2D eigenvalue weighted by molar-refractivity contribution is -0.182. The van der Waals surface area contributed by atoms with Crippen molar-refractivity contribution in [3.05, 3.63) is 18.7 Å². The number of imidazole rings is 1. The maximum atomic E-state index is 5.42. The van der Waals surface area contributed by atoms with E-state index in [9.17, 15) is 0 Å². The average Bonchev–Trinajstić information content (AvgIpc) is 2.69. The Morgan fingerprint density at radius 3 is 2.92 bits per heavy atom. The molecule has 0 aliphatic carbocycles. The second-order valence-electron chi connectivity index (χ2n) is 3.11. The molecule has 1 saturated heterocycles. The maximum absolute atomic E-state index is 5.42. The van der Waals surface area contributed by atoms with Gasteiger partial charge in [0, 0.05) is 25.4 Å². The Morgan fingerprint density at radius 1 is 1.38 bits per heavy atom. The van der Waals surface area contributed by atoms with Gasteiger partial charge in [0.1, 0.15) is 0 Å². The molecule has 0 bridgehead atoms. The van der Waals surface area contributed by atoms with E-state index in [2.05, 4.69) is 4.98 Å². The molecule has 2 heterocycles. The lowest BCUT2D eigenvalue weighted by atomic mass is 10.3. The van der Waals surface area contributed by atoms with Crippen molar-refractivity contribution in [3.63, 3.8) is 0 Å². The van der Waals surface area contributed by atoms with Crippen LogP contribution in [0.15, 0.2) is 18.7 Å². The van der Waals surface area contributed by atoms with Gasteiger partial charge in [-0.3, -0.25) is 0 Å². The number of rotatable bonds is 3. The van der Waals surface area contributed by atoms with Gasteiger partial charge < -0.3 is 14.0 Å². The van der Waals surface area contributed by atoms with Gasteiger partial charge in [-0.1, -0.05) is 0 Å². The van der Waals surface area contributed by atoms with Crippen LogP contribution >= 0.6 is 0 Å². The molecule has 1 aliphatic heterocycles. The largest absolute Gasteiger partial charge is 0.353 e. The molecule has 1 aromatic heterocycles. The molecule has 0 atom stereocenters. The fraction of sp³-hybridized carbons (Fsp3) is 0.667. The van der Waals surface area contributed by atoms with Crippen LogP contribution in [-0.4, -0.2) is 29.1 Å². The highest BCUT2D eigenvalue weighted by Crippen LogP contribution is 2.09. The predicted molar refractivity (Wildman–Crippen MR) is 47.2 cm³/mol. The summed E-state index contributed by atoms with van der Waals surface area (Å²) >= 11 is 0. The zero-order valence-electron chi connectivity index (χ0n) is 7.56. The Morgan fingerprint density at radius 2 is 2.23 bits per heavy atom. The molecule has 13 heavy (non-hydrogen) atoms. The summed E-state index contributed by atoms with van der Waals surface area (Å²) in [5, 5.41) is 0. The van der Waals surface area contributed by atoms with Crippen LogP contribution in [0, 0.1) is 0 Å². The fourth-order valence-electron chi connectivity index (χ4n) is 1.38. The first kappa shape index (κ1) is 8.72. The van der Waals surface area contributed by atoms with Crippen LogP contribution in [0.1, 0.15) is 12.8 Å². The minimum atomic E-state index is -0.0175. The Balaban J connectivity index is 1.72. The molecule has 0 radical (unpaired) electrons. The van der Waals surface area contributed by atoms with Crippen LogP contribution in [-0.2, 0) is 16.0 Å². The average molecular weight is 182 g/mol. The predicted octanol–water partition coefficient (Wildman–Crippen LogP) is 1.04. The van der Waals surface area contributed by atoms with E-state index >= 15 is 0 Å². The van der Waals surface area contributed by atoms with Crippen molar-refractivity contribution in [2.45, 2.75) is 25.7 Å². The highest BCUT2D eigenvalue weighted by atomic mass is 16.7. The number of hydrogen-bond acceptors (Lipinski definition) is 3. The third-order valence-electron chi connectivity index (χ3n) is 2.08. The number of ether oxygens (including phenoxy) is 2. The summed E-state index contributed by atoms with van der Waals surface area (Å²) in [6.45, 7) is 2.56. The molecule has 2 rings (SSSR count). The molecule has 0 aromatic carbocycles. The Labute approximate surface area is 77.5 Å². The molecule has 1 aromatic rings. The SMILES string of the molecule is c1cn(CCC2OCCCO2)cn1. The van der Waals surface area contributed by atoms with E-state index in [1.165, 1.54) is 0 Å². The monoisotopic (exact) mass is 182 g/mol. The summed E-state index contributed by atoms with van der Waals surface area (Å²) in [6, 6.07) is 0. The fourth-order valence-corrected chi connectivity index (χ4v) is 1.38. The van der Waals surface area contributed by atoms with Crippen LogP contribution in [0.5, 0.6) is 0 Å². The lowest BCUT2D eigenvalue weighted by Crippen LogP contribution is -2.25. The van der Waals surface area contributed by atoms with Crippen molar-refractivity contribution < 1.29 is 9.47 Å². The Kier molecular flexibility index (Phi) is 2.94. The highest BCUT2D eigenvalue weighted by Gasteiger charge is 2.13. The molecule has 0 saturated carbocycles. The minimum absolute atomic E-state index is 0.0175. The van der Waals surface area contributed by atoms with Crippen molar-refractivity contribution in [3.8, 4) is 0 Å². The quantitative estimate of drug-likeness (QED) is 0.700. The summed E-state index contributed by atoms with van der Waals surface area (Å²) in [4.78, 5) is 3.97. The number of aryl methyl sites for hydroxylation is 1. The van der Waals surface area contributed by atoms with Crippen LogP contribution in [0.25, 0.3) is 0 Å². The molecule has 0 N–H and O–H groups in total. The van der Waals surface area contributed by atoms with E-state index in [1.807, 2.05) is 17.1 Å². The standard InChI is InChI=1S/C9H14N2O2/c1-6-12-9(13-7-1)2-4-11-5-3-10-8-11/h3,5,8-9H,1-2,4,6-7H2. The first-order valence-corrected chi connectivity index (χ1v) is 4.64. The van der Waals surface area contributed by atoms with Gasteiger partial charge in [0.25, 0.3) is 0 Å². The lowest BCUT2D eigenvalue weighted by Gasteiger charge is -2.23. The van der Waals surface area contributed by atoms with Crippen molar-refractivity contribution in [2.24, 2.45) is 0 Å². The van der Waals surface area contributed by atoms with Crippen LogP contribution in [0.3, 0.4) is 0 Å². The third-order valence-corrected chi connectivity index (χ3v) is 2.08. The summed E-state index contributed by atoms with van der Waals surface area (Å²) in [7, 11) is 0. The Bertz CT molecular complexity index is 230. The van der Waals surface area contributed by atoms with Crippen molar-refractivity contribution in [1.82, 2.24) is 9.55 Å². The van der Waals surface area contributed by atoms with Crippen molar-refractivity contribution in [1.29, 1.82) is 0 Å². The van der Waals surface area contributed by atoms with Crippen LogP contribution < -0.4 is 0 Å². The van der Waals surface area contributed by atoms with Gasteiger partial charge in [0.2, 0.25) is 0 Å². The first-order valence-electron chi connectivity index (χ1n) is 4.64. The molecule has 0 amide bonds. The van der Waals surface area contributed by atoms with Gasteiger partial charge in [-0.25, -0.2) is 4.98 Å². The van der Waals surface area contributed by atoms with E-state index < -0.39 is 0 Å². The second kappa shape index (κ2) is 4.39. The molecule has 0 spiro atoms. The zero-order valence-corrected chi connectivity index (χ0v) is 7.56. The van der Waals surface area contributed by atoms with Crippen LogP contribution in [0.4, 0.5) is 0 Å². The zero-order chi connectivity index (χ0) is 8.93. The number of hydrogen-bond donors (Lipinski definition) is 0. The van der Waals surface area contributed by atoms with Crippen LogP contribution in [0.2, 0.25) is 0 Å². The molecular formula is C9H14N2O2. The second-order valence-corrected chi connectivity index (χ2v) is 3.11. The third kappa shape index (κ3) is 2.54. The molecule has 0 unspecified atom stereocenters. The van der Waals surface area contributed by atoms with Gasteiger partial charge in [-0.05, 0) is 6.42 Å². The van der Waals surface area contributed by atoms with E-state index in [1.54, 1.807) is 6.20 Å².